The summed E-state index contributed by atoms with van der Waals surface area (Å²) in [4.78, 5) is 12.3. The minimum atomic E-state index is -0.223. The zero-order chi connectivity index (χ0) is 16.0. The number of rotatable bonds is 3. The lowest BCUT2D eigenvalue weighted by molar-refractivity contribution is -0.0128. The molecular formula is C19H23ClN2O. The van der Waals surface area contributed by atoms with Gasteiger partial charge < -0.3 is 0 Å². The Morgan fingerprint density at radius 1 is 1.13 bits per heavy atom. The lowest BCUT2D eigenvalue weighted by atomic mass is 9.48. The molecule has 0 radical (unpaired) electrons. The summed E-state index contributed by atoms with van der Waals surface area (Å²) >= 11 is 6.08. The molecule has 4 aliphatic carbocycles. The topological polar surface area (TPSA) is 41.5 Å². The van der Waals surface area contributed by atoms with Gasteiger partial charge >= 0.3 is 0 Å². The molecule has 5 rings (SSSR count). The highest BCUT2D eigenvalue weighted by Crippen LogP contribution is 2.60. The number of hydrazone groups is 1. The Hall–Kier alpha value is -1.35. The molecule has 0 aromatic heterocycles. The number of carbonyl (C=O) groups is 1. The standard InChI is InChI=1S/C19H23ClN2O/c1-12(21-22-18(23)16-4-2-3-5-17(16)20)19-9-13-6-14(10-19)8-15(7-13)11-19/h2-5,13-15H,6-11H2,1H3,(H,22,23)/b21-12+. The summed E-state index contributed by atoms with van der Waals surface area (Å²) in [6.45, 7) is 2.10. The maximum absolute atomic E-state index is 12.3. The maximum Gasteiger partial charge on any atom is 0.272 e. The molecule has 0 atom stereocenters. The fraction of sp³-hybridized carbons (Fsp3) is 0.579. The van der Waals surface area contributed by atoms with E-state index in [1.54, 1.807) is 12.1 Å². The van der Waals surface area contributed by atoms with Crippen molar-refractivity contribution in [3.8, 4) is 0 Å². The van der Waals surface area contributed by atoms with Crippen LogP contribution in [-0.4, -0.2) is 11.6 Å². The molecule has 122 valence electrons. The second kappa shape index (κ2) is 5.62. The Balaban J connectivity index is 1.51. The maximum atomic E-state index is 12.3. The highest BCUT2D eigenvalue weighted by molar-refractivity contribution is 6.33. The van der Waals surface area contributed by atoms with Gasteiger partial charge in [-0.1, -0.05) is 23.7 Å². The average Bonchev–Trinajstić information content (AvgIpc) is 2.51. The van der Waals surface area contributed by atoms with Gasteiger partial charge in [-0.2, -0.15) is 5.10 Å². The van der Waals surface area contributed by atoms with Crippen molar-refractivity contribution in [2.45, 2.75) is 45.4 Å². The van der Waals surface area contributed by atoms with Crippen LogP contribution in [0.15, 0.2) is 29.4 Å². The minimum absolute atomic E-state index is 0.223. The molecule has 4 aliphatic rings. The first-order valence-electron chi connectivity index (χ1n) is 8.65. The van der Waals surface area contributed by atoms with Gasteiger partial charge in [-0.3, -0.25) is 4.79 Å². The van der Waals surface area contributed by atoms with Gasteiger partial charge in [-0.05, 0) is 75.3 Å². The highest BCUT2D eigenvalue weighted by Gasteiger charge is 2.52. The summed E-state index contributed by atoms with van der Waals surface area (Å²) in [5, 5.41) is 4.96. The SMILES string of the molecule is C/C(=N\NC(=O)c1ccccc1Cl)C12CC3CC(CC(C3)C1)C2. The predicted molar refractivity (Wildman–Crippen MR) is 92.6 cm³/mol. The molecule has 0 spiro atoms. The van der Waals surface area contributed by atoms with Crippen LogP contribution in [0.25, 0.3) is 0 Å². The molecule has 4 saturated carbocycles. The van der Waals surface area contributed by atoms with E-state index in [4.69, 9.17) is 11.6 Å². The van der Waals surface area contributed by atoms with Gasteiger partial charge in [0.2, 0.25) is 0 Å². The Bertz CT molecular complexity index is 632. The summed E-state index contributed by atoms with van der Waals surface area (Å²) in [6, 6.07) is 7.10. The van der Waals surface area contributed by atoms with Gasteiger partial charge in [0.05, 0.1) is 10.6 Å². The van der Waals surface area contributed by atoms with Crippen molar-refractivity contribution >= 4 is 23.2 Å². The fourth-order valence-corrected chi connectivity index (χ4v) is 5.73. The first-order valence-corrected chi connectivity index (χ1v) is 9.03. The number of amides is 1. The molecule has 1 aromatic carbocycles. The lowest BCUT2D eigenvalue weighted by Crippen LogP contribution is -2.49. The van der Waals surface area contributed by atoms with Crippen LogP contribution in [0, 0.1) is 23.2 Å². The Morgan fingerprint density at radius 3 is 2.26 bits per heavy atom. The van der Waals surface area contributed by atoms with E-state index in [1.165, 1.54) is 38.5 Å². The molecule has 1 N–H and O–H groups in total. The number of carbonyl (C=O) groups excluding carboxylic acids is 1. The van der Waals surface area contributed by atoms with Crippen LogP contribution in [0.1, 0.15) is 55.8 Å². The third kappa shape index (κ3) is 2.69. The van der Waals surface area contributed by atoms with Crippen LogP contribution in [0.3, 0.4) is 0 Å². The molecule has 4 fully saturated rings. The molecule has 0 aliphatic heterocycles. The van der Waals surface area contributed by atoms with E-state index >= 15 is 0 Å². The van der Waals surface area contributed by atoms with Crippen LogP contribution < -0.4 is 5.43 Å². The van der Waals surface area contributed by atoms with E-state index in [0.29, 0.717) is 10.6 Å². The number of hydrogen-bond donors (Lipinski definition) is 1. The van der Waals surface area contributed by atoms with E-state index in [2.05, 4.69) is 17.5 Å². The quantitative estimate of drug-likeness (QED) is 0.635. The van der Waals surface area contributed by atoms with Crippen LogP contribution in [0.5, 0.6) is 0 Å². The Kier molecular flexibility index (Phi) is 3.72. The third-order valence-electron chi connectivity index (χ3n) is 6.25. The van der Waals surface area contributed by atoms with Crippen LogP contribution in [0.2, 0.25) is 5.02 Å². The zero-order valence-electron chi connectivity index (χ0n) is 13.5. The number of hydrogen-bond acceptors (Lipinski definition) is 2. The Morgan fingerprint density at radius 2 is 1.70 bits per heavy atom. The van der Waals surface area contributed by atoms with Crippen molar-refractivity contribution in [1.29, 1.82) is 0 Å². The van der Waals surface area contributed by atoms with Gasteiger partial charge in [-0.25, -0.2) is 5.43 Å². The second-order valence-electron chi connectivity index (χ2n) is 7.82. The molecule has 1 amide bonds. The molecule has 0 heterocycles. The van der Waals surface area contributed by atoms with Crippen molar-refractivity contribution in [3.63, 3.8) is 0 Å². The van der Waals surface area contributed by atoms with Crippen LogP contribution in [0.4, 0.5) is 0 Å². The largest absolute Gasteiger partial charge is 0.272 e. The Labute approximate surface area is 142 Å². The average molecular weight is 331 g/mol. The van der Waals surface area contributed by atoms with E-state index in [9.17, 15) is 4.79 Å². The van der Waals surface area contributed by atoms with Gasteiger partial charge in [0.15, 0.2) is 0 Å². The van der Waals surface area contributed by atoms with Crippen LogP contribution >= 0.6 is 11.6 Å². The number of nitrogens with zero attached hydrogens (tertiary/aromatic N) is 1. The van der Waals surface area contributed by atoms with E-state index in [0.717, 1.165) is 23.5 Å². The third-order valence-corrected chi connectivity index (χ3v) is 6.58. The summed E-state index contributed by atoms with van der Waals surface area (Å²) in [6.07, 6.45) is 8.03. The summed E-state index contributed by atoms with van der Waals surface area (Å²) in [7, 11) is 0. The van der Waals surface area contributed by atoms with Crippen molar-refractivity contribution in [2.24, 2.45) is 28.3 Å². The van der Waals surface area contributed by atoms with Gasteiger partial charge in [-0.15, -0.1) is 0 Å². The van der Waals surface area contributed by atoms with E-state index in [1.807, 2.05) is 12.1 Å². The summed E-state index contributed by atoms with van der Waals surface area (Å²) in [5.74, 6) is 2.42. The van der Waals surface area contributed by atoms with E-state index < -0.39 is 0 Å². The summed E-state index contributed by atoms with van der Waals surface area (Å²) < 4.78 is 0. The van der Waals surface area contributed by atoms with E-state index in [-0.39, 0.29) is 11.3 Å². The number of halogens is 1. The van der Waals surface area contributed by atoms with Crippen molar-refractivity contribution in [2.75, 3.05) is 0 Å². The molecule has 23 heavy (non-hydrogen) atoms. The van der Waals surface area contributed by atoms with Gasteiger partial charge in [0.25, 0.3) is 5.91 Å². The van der Waals surface area contributed by atoms with Crippen molar-refractivity contribution < 1.29 is 4.79 Å². The van der Waals surface area contributed by atoms with Gasteiger partial charge in [0.1, 0.15) is 0 Å². The van der Waals surface area contributed by atoms with Crippen molar-refractivity contribution in [3.05, 3.63) is 34.9 Å². The monoisotopic (exact) mass is 330 g/mol. The molecule has 0 saturated heterocycles. The molecule has 4 bridgehead atoms. The minimum Gasteiger partial charge on any atom is -0.267 e. The molecule has 0 unspecified atom stereocenters. The highest BCUT2D eigenvalue weighted by atomic mass is 35.5. The lowest BCUT2D eigenvalue weighted by Gasteiger charge is -2.56. The number of nitrogens with one attached hydrogen (secondary N) is 1. The second-order valence-corrected chi connectivity index (χ2v) is 8.22. The first kappa shape index (κ1) is 15.2. The number of benzene rings is 1. The molecule has 1 aromatic rings. The summed E-state index contributed by atoms with van der Waals surface area (Å²) in [5.41, 5.74) is 4.56. The smallest absolute Gasteiger partial charge is 0.267 e. The van der Waals surface area contributed by atoms with Crippen molar-refractivity contribution in [1.82, 2.24) is 5.43 Å². The molecule has 4 heteroatoms. The predicted octanol–water partition coefficient (Wildman–Crippen LogP) is 4.66. The first-order chi connectivity index (χ1) is 11.1. The normalized spacial score (nSPS) is 35.4. The fourth-order valence-electron chi connectivity index (χ4n) is 5.51. The van der Waals surface area contributed by atoms with Gasteiger partial charge in [0, 0.05) is 11.1 Å². The molecule has 3 nitrogen and oxygen atoms in total. The molecular weight excluding hydrogens is 308 g/mol. The van der Waals surface area contributed by atoms with Crippen LogP contribution in [-0.2, 0) is 0 Å². The zero-order valence-corrected chi connectivity index (χ0v) is 14.3.